The van der Waals surface area contributed by atoms with Gasteiger partial charge >= 0.3 is 0 Å². The first-order chi connectivity index (χ1) is 22.1. The Morgan fingerprint density at radius 2 is 0.467 bits per heavy atom. The van der Waals surface area contributed by atoms with Gasteiger partial charge in [-0.25, -0.2) is 10.2 Å². The third kappa shape index (κ3) is 40.2. The molecule has 0 atom stereocenters. The second-order valence-corrected chi connectivity index (χ2v) is 16.4. The van der Waals surface area contributed by atoms with Gasteiger partial charge in [-0.15, -0.1) is 0 Å². The second-order valence-electron chi connectivity index (χ2n) is 14.5. The molecule has 4 nitrogen and oxygen atoms in total. The van der Waals surface area contributed by atoms with Crippen LogP contribution in [0.15, 0.2) is 0 Å². The van der Waals surface area contributed by atoms with E-state index in [2.05, 4.69) is 24.0 Å². The van der Waals surface area contributed by atoms with Crippen molar-refractivity contribution in [3.05, 3.63) is 0 Å². The van der Waals surface area contributed by atoms with Crippen LogP contribution in [-0.4, -0.2) is 13.1 Å². The normalized spacial score (nSPS) is 12.0. The lowest BCUT2D eigenvalue weighted by atomic mass is 10.0. The molecule has 45 heavy (non-hydrogen) atoms. The van der Waals surface area contributed by atoms with Gasteiger partial charge in [0.1, 0.15) is 0 Å². The summed E-state index contributed by atoms with van der Waals surface area (Å²) in [5.74, 6) is 0. The average Bonchev–Trinajstić information content (AvgIpc) is 3.03. The van der Waals surface area contributed by atoms with Gasteiger partial charge < -0.3 is 0 Å². The van der Waals surface area contributed by atoms with E-state index < -0.39 is 7.59 Å². The molecule has 4 N–H and O–H groups in total. The molecule has 0 aliphatic rings. The lowest BCUT2D eigenvalue weighted by Gasteiger charge is -2.15. The Balaban J connectivity index is 3.25. The first-order valence-corrected chi connectivity index (χ1v) is 22.8. The van der Waals surface area contributed by atoms with Crippen LogP contribution >= 0.6 is 7.59 Å². The Morgan fingerprint density at radius 3 is 0.644 bits per heavy atom. The first-order valence-electron chi connectivity index (χ1n) is 21.0. The number of nitrogens with one attached hydrogen (secondary N) is 2. The van der Waals surface area contributed by atoms with Crippen LogP contribution in [-0.2, 0) is 4.57 Å². The maximum Gasteiger partial charge on any atom is 0.276 e. The highest BCUT2D eigenvalue weighted by molar-refractivity contribution is 7.57. The molecule has 0 bridgehead atoms. The average molecular weight is 656 g/mol. The maximum atomic E-state index is 12.5. The Kier molecular flexibility index (Phi) is 38.7. The van der Waals surface area contributed by atoms with Crippen LogP contribution in [0.3, 0.4) is 0 Å². The van der Waals surface area contributed by atoms with Crippen LogP contribution < -0.4 is 15.7 Å². The van der Waals surface area contributed by atoms with Crippen LogP contribution in [0, 0.1) is 0 Å². The van der Waals surface area contributed by atoms with Gasteiger partial charge in [0.15, 0.2) is 0 Å². The minimum absolute atomic E-state index is 0.763. The highest BCUT2D eigenvalue weighted by Crippen LogP contribution is 2.24. The standard InChI is InChI=1S/C40H86N3OP/c1-3-5-7-9-11-13-15-17-19-21-23-25-27-29-31-33-35-37-39-42-45(41,44)43-40-38-36-34-32-30-28-26-24-22-20-18-16-14-12-10-8-6-4-2/h3-40H2,1-2H3,(H4,41,42,43,44). The van der Waals surface area contributed by atoms with Gasteiger partial charge in [0.25, 0.3) is 7.59 Å². The van der Waals surface area contributed by atoms with E-state index in [0.717, 1.165) is 25.9 Å². The molecule has 0 heterocycles. The third-order valence-corrected chi connectivity index (χ3v) is 11.1. The number of rotatable bonds is 40. The largest absolute Gasteiger partial charge is 0.276 e. The summed E-state index contributed by atoms with van der Waals surface area (Å²) in [7, 11) is -2.88. The monoisotopic (exact) mass is 656 g/mol. The molecule has 0 aromatic heterocycles. The van der Waals surface area contributed by atoms with Crippen molar-refractivity contribution in [1.29, 1.82) is 0 Å². The maximum absolute atomic E-state index is 12.5. The van der Waals surface area contributed by atoms with E-state index in [1.54, 1.807) is 0 Å². The minimum atomic E-state index is -2.88. The molecule has 0 aliphatic carbocycles. The van der Waals surface area contributed by atoms with Crippen LogP contribution in [0.4, 0.5) is 0 Å². The molecule has 0 rings (SSSR count). The van der Waals surface area contributed by atoms with E-state index in [-0.39, 0.29) is 0 Å². The molecule has 0 saturated heterocycles. The van der Waals surface area contributed by atoms with E-state index in [1.807, 2.05) is 0 Å². The summed E-state index contributed by atoms with van der Waals surface area (Å²) in [6.07, 6.45) is 49.8. The summed E-state index contributed by atoms with van der Waals surface area (Å²) in [4.78, 5) is 0. The highest BCUT2D eigenvalue weighted by Gasteiger charge is 2.12. The topological polar surface area (TPSA) is 67.1 Å². The predicted molar refractivity (Wildman–Crippen MR) is 205 cm³/mol. The van der Waals surface area contributed by atoms with Crippen molar-refractivity contribution < 1.29 is 4.57 Å². The highest BCUT2D eigenvalue weighted by atomic mass is 31.2. The van der Waals surface area contributed by atoms with Crippen molar-refractivity contribution in [1.82, 2.24) is 10.2 Å². The van der Waals surface area contributed by atoms with Crippen LogP contribution in [0.25, 0.3) is 0 Å². The van der Waals surface area contributed by atoms with Crippen molar-refractivity contribution >= 4 is 7.59 Å². The summed E-state index contributed by atoms with van der Waals surface area (Å²) in [5, 5.41) is 6.19. The minimum Gasteiger partial charge on any atom is -0.271 e. The van der Waals surface area contributed by atoms with Crippen LogP contribution in [0.2, 0.25) is 0 Å². The van der Waals surface area contributed by atoms with Crippen molar-refractivity contribution in [3.8, 4) is 0 Å². The molecular weight excluding hydrogens is 569 g/mol. The molecule has 0 unspecified atom stereocenters. The van der Waals surface area contributed by atoms with Crippen LogP contribution in [0.1, 0.15) is 245 Å². The fourth-order valence-corrected chi connectivity index (χ4v) is 7.69. The number of hydrogen-bond donors (Lipinski definition) is 3. The Labute approximate surface area is 285 Å². The van der Waals surface area contributed by atoms with E-state index >= 15 is 0 Å². The van der Waals surface area contributed by atoms with Gasteiger partial charge in [-0.1, -0.05) is 232 Å². The van der Waals surface area contributed by atoms with Gasteiger partial charge in [0, 0.05) is 13.1 Å². The second kappa shape index (κ2) is 38.6. The molecule has 272 valence electrons. The summed E-state index contributed by atoms with van der Waals surface area (Å²) < 4.78 is 12.5. The van der Waals surface area contributed by atoms with Gasteiger partial charge in [-0.05, 0) is 12.8 Å². The molecular formula is C40H86N3OP. The summed E-state index contributed by atoms with van der Waals surface area (Å²) in [6, 6.07) is 0. The molecule has 0 amide bonds. The zero-order chi connectivity index (χ0) is 32.8. The molecule has 5 heteroatoms. The van der Waals surface area contributed by atoms with E-state index in [1.165, 1.54) is 218 Å². The number of hydrogen-bond acceptors (Lipinski definition) is 1. The van der Waals surface area contributed by atoms with Crippen molar-refractivity contribution in [2.75, 3.05) is 13.1 Å². The molecule has 0 saturated carbocycles. The SMILES string of the molecule is CCCCCCCCCCCCCCCCCCCCNP(N)(=O)NCCCCCCCCCCCCCCCCCCCC. The van der Waals surface area contributed by atoms with Gasteiger partial charge in [0.2, 0.25) is 0 Å². The molecule has 0 aromatic rings. The quantitative estimate of drug-likeness (QED) is 0.0454. The molecule has 0 radical (unpaired) electrons. The van der Waals surface area contributed by atoms with Crippen molar-refractivity contribution in [2.24, 2.45) is 5.50 Å². The Bertz CT molecular complexity index is 542. The smallest absolute Gasteiger partial charge is 0.271 e. The molecule has 0 fully saturated rings. The van der Waals surface area contributed by atoms with Gasteiger partial charge in [-0.2, -0.15) is 0 Å². The fourth-order valence-electron chi connectivity index (χ4n) is 6.60. The first kappa shape index (κ1) is 45.1. The predicted octanol–water partition coefficient (Wildman–Crippen LogP) is 14.3. The van der Waals surface area contributed by atoms with Crippen molar-refractivity contribution in [3.63, 3.8) is 0 Å². The fraction of sp³-hybridized carbons (Fsp3) is 1.00. The third-order valence-electron chi connectivity index (χ3n) is 9.75. The van der Waals surface area contributed by atoms with Gasteiger partial charge in [-0.3, -0.25) is 10.1 Å². The van der Waals surface area contributed by atoms with Gasteiger partial charge in [0.05, 0.1) is 0 Å². The van der Waals surface area contributed by atoms with Crippen LogP contribution in [0.5, 0.6) is 0 Å². The van der Waals surface area contributed by atoms with E-state index in [4.69, 9.17) is 5.50 Å². The molecule has 0 spiro atoms. The summed E-state index contributed by atoms with van der Waals surface area (Å²) in [6.45, 7) is 6.11. The van der Waals surface area contributed by atoms with Crippen molar-refractivity contribution in [2.45, 2.75) is 245 Å². The van der Waals surface area contributed by atoms with E-state index in [9.17, 15) is 4.57 Å². The summed E-state index contributed by atoms with van der Waals surface area (Å²) in [5.41, 5.74) is 6.00. The Morgan fingerprint density at radius 1 is 0.311 bits per heavy atom. The molecule has 0 aliphatic heterocycles. The zero-order valence-electron chi connectivity index (χ0n) is 31.3. The lowest BCUT2D eigenvalue weighted by Crippen LogP contribution is -2.29. The number of unbranched alkanes of at least 4 members (excludes halogenated alkanes) is 34. The Hall–Kier alpha value is 0.110. The number of nitrogens with two attached hydrogens (primary N) is 1. The zero-order valence-corrected chi connectivity index (χ0v) is 32.2. The summed E-state index contributed by atoms with van der Waals surface area (Å²) >= 11 is 0. The van der Waals surface area contributed by atoms with E-state index in [0.29, 0.717) is 0 Å². The molecule has 0 aromatic carbocycles. The lowest BCUT2D eigenvalue weighted by molar-refractivity contribution is 0.520.